The van der Waals surface area contributed by atoms with Crippen molar-refractivity contribution >= 4 is 33.0 Å². The van der Waals surface area contributed by atoms with E-state index in [4.69, 9.17) is 11.6 Å². The van der Waals surface area contributed by atoms with Crippen LogP contribution < -0.4 is 0 Å². The van der Waals surface area contributed by atoms with Gasteiger partial charge >= 0.3 is 0 Å². The Morgan fingerprint density at radius 2 is 2.31 bits per heavy atom. The van der Waals surface area contributed by atoms with Gasteiger partial charge in [0.15, 0.2) is 0 Å². The predicted octanol–water partition coefficient (Wildman–Crippen LogP) is 3.83. The molecular weight excluding hydrogens is 202 g/mol. The van der Waals surface area contributed by atoms with Gasteiger partial charge in [-0.1, -0.05) is 11.6 Å². The number of hydrogen-bond donors (Lipinski definition) is 0. The van der Waals surface area contributed by atoms with Crippen LogP contribution in [0.1, 0.15) is 23.6 Å². The van der Waals surface area contributed by atoms with Gasteiger partial charge in [0.1, 0.15) is 5.15 Å². The Kier molecular flexibility index (Phi) is 1.61. The highest BCUT2D eigenvalue weighted by Crippen LogP contribution is 2.45. The van der Waals surface area contributed by atoms with Gasteiger partial charge in [0.05, 0.1) is 0 Å². The third-order valence-electron chi connectivity index (χ3n) is 2.40. The van der Waals surface area contributed by atoms with Crippen molar-refractivity contribution in [3.63, 3.8) is 0 Å². The van der Waals surface area contributed by atoms with Crippen LogP contribution in [0, 0.1) is 0 Å². The van der Waals surface area contributed by atoms with E-state index in [9.17, 15) is 0 Å². The lowest BCUT2D eigenvalue weighted by Gasteiger charge is -1.88. The van der Waals surface area contributed by atoms with Crippen LogP contribution in [0.25, 0.3) is 10.1 Å². The number of thiophene rings is 1. The topological polar surface area (TPSA) is 12.9 Å². The summed E-state index contributed by atoms with van der Waals surface area (Å²) >= 11 is 7.85. The van der Waals surface area contributed by atoms with Gasteiger partial charge in [0, 0.05) is 21.2 Å². The first kappa shape index (κ1) is 7.77. The van der Waals surface area contributed by atoms with Gasteiger partial charge in [-0.05, 0) is 30.9 Å². The van der Waals surface area contributed by atoms with Gasteiger partial charge in [0.25, 0.3) is 0 Å². The quantitative estimate of drug-likeness (QED) is 0.651. The lowest BCUT2D eigenvalue weighted by atomic mass is 10.3. The summed E-state index contributed by atoms with van der Waals surface area (Å²) in [6, 6.07) is 4.24. The summed E-state index contributed by atoms with van der Waals surface area (Å²) in [6.45, 7) is 0. The summed E-state index contributed by atoms with van der Waals surface area (Å²) in [6.07, 6.45) is 4.47. The predicted molar refractivity (Wildman–Crippen MR) is 56.6 cm³/mol. The Bertz CT molecular complexity index is 459. The average Bonchev–Trinajstić information content (AvgIpc) is 2.87. The molecule has 2 heterocycles. The molecule has 0 bridgehead atoms. The van der Waals surface area contributed by atoms with Crippen molar-refractivity contribution in [3.05, 3.63) is 28.4 Å². The highest BCUT2D eigenvalue weighted by molar-refractivity contribution is 7.19. The average molecular weight is 210 g/mol. The van der Waals surface area contributed by atoms with Gasteiger partial charge < -0.3 is 0 Å². The maximum Gasteiger partial charge on any atom is 0.137 e. The Balaban J connectivity index is 2.26. The molecule has 0 saturated heterocycles. The van der Waals surface area contributed by atoms with Gasteiger partial charge in [-0.2, -0.15) is 0 Å². The van der Waals surface area contributed by atoms with Crippen LogP contribution in [-0.2, 0) is 0 Å². The monoisotopic (exact) mass is 209 g/mol. The lowest BCUT2D eigenvalue weighted by molar-refractivity contribution is 1.18. The van der Waals surface area contributed by atoms with Crippen LogP contribution in [0.4, 0.5) is 0 Å². The molecule has 0 spiro atoms. The number of aromatic nitrogens is 1. The molecule has 2 aromatic heterocycles. The first-order valence-electron chi connectivity index (χ1n) is 4.38. The van der Waals surface area contributed by atoms with Crippen molar-refractivity contribution in [1.29, 1.82) is 0 Å². The maximum atomic E-state index is 5.99. The molecule has 0 amide bonds. The highest BCUT2D eigenvalue weighted by Gasteiger charge is 2.25. The third-order valence-corrected chi connectivity index (χ3v) is 3.96. The van der Waals surface area contributed by atoms with Crippen LogP contribution in [-0.4, -0.2) is 4.98 Å². The Labute approximate surface area is 85.4 Å². The van der Waals surface area contributed by atoms with Gasteiger partial charge in [0.2, 0.25) is 0 Å². The minimum absolute atomic E-state index is 0.639. The van der Waals surface area contributed by atoms with Crippen LogP contribution in [0.3, 0.4) is 0 Å². The summed E-state index contributed by atoms with van der Waals surface area (Å²) in [7, 11) is 0. The number of rotatable bonds is 1. The molecule has 3 rings (SSSR count). The second kappa shape index (κ2) is 2.69. The molecule has 0 aliphatic heterocycles. The summed E-state index contributed by atoms with van der Waals surface area (Å²) < 4.78 is 1.27. The van der Waals surface area contributed by atoms with E-state index in [1.807, 2.05) is 17.4 Å². The smallest absolute Gasteiger partial charge is 0.137 e. The molecule has 1 aliphatic rings. The lowest BCUT2D eigenvalue weighted by Crippen LogP contribution is -1.71. The van der Waals surface area contributed by atoms with Crippen molar-refractivity contribution in [2.45, 2.75) is 18.8 Å². The van der Waals surface area contributed by atoms with E-state index in [-0.39, 0.29) is 0 Å². The first-order valence-corrected chi connectivity index (χ1v) is 5.58. The minimum Gasteiger partial charge on any atom is -0.244 e. The molecule has 0 N–H and O–H groups in total. The van der Waals surface area contributed by atoms with Gasteiger partial charge in [-0.15, -0.1) is 11.3 Å². The van der Waals surface area contributed by atoms with Gasteiger partial charge in [-0.3, -0.25) is 0 Å². The molecular formula is C10H8ClNS. The van der Waals surface area contributed by atoms with E-state index in [1.54, 1.807) is 6.20 Å². The second-order valence-corrected chi connectivity index (χ2v) is 4.91. The van der Waals surface area contributed by atoms with Crippen LogP contribution in [0.15, 0.2) is 18.3 Å². The summed E-state index contributed by atoms with van der Waals surface area (Å²) in [5.74, 6) is 0.813. The largest absolute Gasteiger partial charge is 0.244 e. The van der Waals surface area contributed by atoms with E-state index in [0.717, 1.165) is 11.3 Å². The van der Waals surface area contributed by atoms with E-state index < -0.39 is 0 Å². The molecule has 66 valence electrons. The maximum absolute atomic E-state index is 5.99. The molecule has 1 aliphatic carbocycles. The molecule has 1 nitrogen and oxygen atoms in total. The zero-order chi connectivity index (χ0) is 8.84. The van der Waals surface area contributed by atoms with E-state index in [1.165, 1.54) is 22.4 Å². The van der Waals surface area contributed by atoms with Crippen molar-refractivity contribution in [1.82, 2.24) is 4.98 Å². The number of fused-ring (bicyclic) bond motifs is 1. The fraction of sp³-hybridized carbons (Fsp3) is 0.300. The zero-order valence-corrected chi connectivity index (χ0v) is 8.53. The van der Waals surface area contributed by atoms with E-state index in [2.05, 4.69) is 11.1 Å². The third kappa shape index (κ3) is 1.25. The van der Waals surface area contributed by atoms with Crippen LogP contribution in [0.2, 0.25) is 5.15 Å². The molecule has 0 atom stereocenters. The molecule has 13 heavy (non-hydrogen) atoms. The van der Waals surface area contributed by atoms with Crippen LogP contribution in [0.5, 0.6) is 0 Å². The Morgan fingerprint density at radius 3 is 3.00 bits per heavy atom. The van der Waals surface area contributed by atoms with Crippen LogP contribution >= 0.6 is 22.9 Å². The summed E-state index contributed by atoms with van der Waals surface area (Å²) in [4.78, 5) is 5.55. The fourth-order valence-electron chi connectivity index (χ4n) is 1.52. The Morgan fingerprint density at radius 1 is 1.46 bits per heavy atom. The first-order chi connectivity index (χ1) is 6.34. The fourth-order valence-corrected chi connectivity index (χ4v) is 3.02. The minimum atomic E-state index is 0.639. The molecule has 2 aromatic rings. The standard InChI is InChI=1S/C10H8ClNS/c11-10-7-5-9(6-1-2-6)13-8(7)3-4-12-10/h3-6H,1-2H2. The molecule has 1 saturated carbocycles. The van der Waals surface area contributed by atoms with Gasteiger partial charge in [-0.25, -0.2) is 4.98 Å². The van der Waals surface area contributed by atoms with Crippen molar-refractivity contribution in [3.8, 4) is 0 Å². The Hall–Kier alpha value is -0.600. The number of halogens is 1. The SMILES string of the molecule is Clc1nccc2sc(C3CC3)cc12. The summed E-state index contributed by atoms with van der Waals surface area (Å²) in [5.41, 5.74) is 0. The van der Waals surface area contributed by atoms with E-state index >= 15 is 0 Å². The van der Waals surface area contributed by atoms with Crippen molar-refractivity contribution in [2.24, 2.45) is 0 Å². The van der Waals surface area contributed by atoms with Crippen molar-refractivity contribution in [2.75, 3.05) is 0 Å². The number of nitrogens with zero attached hydrogens (tertiary/aromatic N) is 1. The zero-order valence-electron chi connectivity index (χ0n) is 6.96. The molecule has 0 unspecified atom stereocenters. The van der Waals surface area contributed by atoms with Crippen molar-refractivity contribution < 1.29 is 0 Å². The summed E-state index contributed by atoms with van der Waals surface area (Å²) in [5, 5.41) is 1.76. The molecule has 1 fully saturated rings. The normalized spacial score (nSPS) is 16.7. The number of pyridine rings is 1. The molecule has 0 radical (unpaired) electrons. The second-order valence-electron chi connectivity index (χ2n) is 3.44. The molecule has 0 aromatic carbocycles. The number of hydrogen-bond acceptors (Lipinski definition) is 2. The highest BCUT2D eigenvalue weighted by atomic mass is 35.5. The molecule has 3 heteroatoms. The van der Waals surface area contributed by atoms with E-state index in [0.29, 0.717) is 5.15 Å².